The average Bonchev–Trinajstić information content (AvgIpc) is 2.77. The van der Waals surface area contributed by atoms with Crippen LogP contribution in [-0.4, -0.2) is 23.0 Å². The Hall–Kier alpha value is -3.72. The molecule has 0 radical (unpaired) electrons. The molecule has 4 rings (SSSR count). The number of carbonyl (C=O) groups is 2. The van der Waals surface area contributed by atoms with Gasteiger partial charge >= 0.3 is 5.97 Å². The first-order valence-electron chi connectivity index (χ1n) is 10.00. The molecule has 3 aromatic rings. The second kappa shape index (κ2) is 8.34. The lowest BCUT2D eigenvalue weighted by atomic mass is 9.90. The van der Waals surface area contributed by atoms with E-state index in [0.29, 0.717) is 16.8 Å². The Kier molecular flexibility index (Phi) is 5.44. The number of ether oxygens (including phenoxy) is 1. The lowest BCUT2D eigenvalue weighted by Gasteiger charge is -2.21. The normalized spacial score (nSPS) is 13.7. The largest absolute Gasteiger partial charge is 0.449 e. The molecule has 1 atom stereocenters. The fraction of sp³-hybridized carbons (Fsp3) is 0.250. The summed E-state index contributed by atoms with van der Waals surface area (Å²) in [6, 6.07) is 16.2. The molecule has 0 spiro atoms. The first-order valence-corrected chi connectivity index (χ1v) is 10.00. The number of nitriles is 1. The number of amides is 1. The van der Waals surface area contributed by atoms with Crippen molar-refractivity contribution in [3.05, 3.63) is 70.9 Å². The van der Waals surface area contributed by atoms with E-state index in [-0.39, 0.29) is 0 Å². The molecule has 1 amide bonds. The summed E-state index contributed by atoms with van der Waals surface area (Å²) in [5, 5.41) is 12.6. The Balaban J connectivity index is 1.60. The van der Waals surface area contributed by atoms with Gasteiger partial charge in [-0.3, -0.25) is 9.78 Å². The second-order valence-corrected chi connectivity index (χ2v) is 7.33. The molecule has 0 saturated heterocycles. The Morgan fingerprint density at radius 1 is 1.10 bits per heavy atom. The maximum absolute atomic E-state index is 13.1. The van der Waals surface area contributed by atoms with Gasteiger partial charge in [0.2, 0.25) is 0 Å². The lowest BCUT2D eigenvalue weighted by Crippen LogP contribution is -2.31. The third kappa shape index (κ3) is 3.74. The molecule has 30 heavy (non-hydrogen) atoms. The van der Waals surface area contributed by atoms with E-state index in [0.717, 1.165) is 47.8 Å². The van der Waals surface area contributed by atoms with Crippen LogP contribution >= 0.6 is 0 Å². The first kappa shape index (κ1) is 19.6. The maximum atomic E-state index is 13.1. The highest BCUT2D eigenvalue weighted by Crippen LogP contribution is 2.30. The van der Waals surface area contributed by atoms with Crippen molar-refractivity contribution in [3.8, 4) is 6.07 Å². The molecule has 150 valence electrons. The zero-order chi connectivity index (χ0) is 21.1. The fourth-order valence-electron chi connectivity index (χ4n) is 3.80. The summed E-state index contributed by atoms with van der Waals surface area (Å²) in [6.45, 7) is 1.53. The molecule has 2 aromatic carbocycles. The molecule has 1 aromatic heterocycles. The van der Waals surface area contributed by atoms with Crippen LogP contribution in [0.2, 0.25) is 0 Å². The number of benzene rings is 2. The van der Waals surface area contributed by atoms with Gasteiger partial charge in [-0.05, 0) is 56.4 Å². The molecule has 6 heteroatoms. The van der Waals surface area contributed by atoms with Gasteiger partial charge in [-0.25, -0.2) is 4.79 Å². The van der Waals surface area contributed by atoms with Gasteiger partial charge in [0.05, 0.1) is 22.3 Å². The molecule has 6 nitrogen and oxygen atoms in total. The summed E-state index contributed by atoms with van der Waals surface area (Å²) in [4.78, 5) is 30.5. The average molecular weight is 399 g/mol. The molecule has 1 N–H and O–H groups in total. The first-order chi connectivity index (χ1) is 14.6. The zero-order valence-corrected chi connectivity index (χ0v) is 16.6. The quantitative estimate of drug-likeness (QED) is 0.665. The van der Waals surface area contributed by atoms with Gasteiger partial charge < -0.3 is 10.1 Å². The summed E-state index contributed by atoms with van der Waals surface area (Å²) >= 11 is 0. The van der Waals surface area contributed by atoms with Gasteiger partial charge in [-0.1, -0.05) is 30.3 Å². The standard InChI is InChI=1S/C24H21N3O3/c1-15(23(28)27-19-11-5-2-8-16(19)14-25)30-24(29)22-17-9-3-6-12-20(17)26-21-13-7-4-10-18(21)22/h2-3,5-6,8-9,11-12,15H,4,7,10,13H2,1H3,(H,27,28)/t15-/m1/s1. The number of hydrogen-bond donors (Lipinski definition) is 1. The molecule has 0 saturated carbocycles. The van der Waals surface area contributed by atoms with Gasteiger partial charge in [-0.2, -0.15) is 5.26 Å². The number of nitrogens with zero attached hydrogens (tertiary/aromatic N) is 2. The minimum absolute atomic E-state index is 0.346. The summed E-state index contributed by atoms with van der Waals surface area (Å²) in [5.41, 5.74) is 3.86. The van der Waals surface area contributed by atoms with Crippen LogP contribution < -0.4 is 5.32 Å². The van der Waals surface area contributed by atoms with Crippen molar-refractivity contribution in [2.45, 2.75) is 38.7 Å². The molecular weight excluding hydrogens is 378 g/mol. The minimum atomic E-state index is -1.02. The third-order valence-electron chi connectivity index (χ3n) is 5.33. The van der Waals surface area contributed by atoms with E-state index in [1.807, 2.05) is 30.3 Å². The van der Waals surface area contributed by atoms with E-state index in [2.05, 4.69) is 5.32 Å². The van der Waals surface area contributed by atoms with Crippen molar-refractivity contribution in [1.82, 2.24) is 4.98 Å². The molecule has 0 fully saturated rings. The summed E-state index contributed by atoms with van der Waals surface area (Å²) in [6.07, 6.45) is 2.63. The van der Waals surface area contributed by atoms with Crippen molar-refractivity contribution >= 4 is 28.5 Å². The smallest absolute Gasteiger partial charge is 0.339 e. The van der Waals surface area contributed by atoms with Crippen LogP contribution in [0.5, 0.6) is 0 Å². The molecule has 0 aliphatic heterocycles. The highest BCUT2D eigenvalue weighted by molar-refractivity contribution is 6.06. The monoisotopic (exact) mass is 399 g/mol. The number of fused-ring (bicyclic) bond motifs is 2. The van der Waals surface area contributed by atoms with Crippen LogP contribution in [0, 0.1) is 11.3 Å². The van der Waals surface area contributed by atoms with Gasteiger partial charge in [0.25, 0.3) is 5.91 Å². The molecule has 0 bridgehead atoms. The van der Waals surface area contributed by atoms with E-state index in [1.165, 1.54) is 6.92 Å². The van der Waals surface area contributed by atoms with Gasteiger partial charge in [0.15, 0.2) is 6.10 Å². The van der Waals surface area contributed by atoms with Crippen molar-refractivity contribution in [3.63, 3.8) is 0 Å². The van der Waals surface area contributed by atoms with Crippen molar-refractivity contribution in [1.29, 1.82) is 5.26 Å². The van der Waals surface area contributed by atoms with Gasteiger partial charge in [0.1, 0.15) is 6.07 Å². The number of carbonyl (C=O) groups excluding carboxylic acids is 2. The summed E-state index contributed by atoms with van der Waals surface area (Å²) in [7, 11) is 0. The van der Waals surface area contributed by atoms with E-state index in [9.17, 15) is 14.9 Å². The number of nitrogens with one attached hydrogen (secondary N) is 1. The van der Waals surface area contributed by atoms with E-state index < -0.39 is 18.0 Å². The molecule has 1 heterocycles. The van der Waals surface area contributed by atoms with Crippen molar-refractivity contribution in [2.75, 3.05) is 5.32 Å². The number of rotatable bonds is 4. The molecule has 1 aliphatic rings. The number of para-hydroxylation sites is 2. The number of pyridine rings is 1. The number of esters is 1. The summed E-state index contributed by atoms with van der Waals surface area (Å²) < 4.78 is 5.56. The zero-order valence-electron chi connectivity index (χ0n) is 16.6. The van der Waals surface area contributed by atoms with Crippen LogP contribution in [0.15, 0.2) is 48.5 Å². The van der Waals surface area contributed by atoms with Crippen LogP contribution in [-0.2, 0) is 22.4 Å². The van der Waals surface area contributed by atoms with Crippen LogP contribution in [0.1, 0.15) is 46.9 Å². The Labute approximate surface area is 174 Å². The highest BCUT2D eigenvalue weighted by atomic mass is 16.5. The Bertz CT molecular complexity index is 1180. The number of hydrogen-bond acceptors (Lipinski definition) is 5. The summed E-state index contributed by atoms with van der Waals surface area (Å²) in [5.74, 6) is -1.01. The van der Waals surface area contributed by atoms with Gasteiger partial charge in [0, 0.05) is 11.1 Å². The van der Waals surface area contributed by atoms with Crippen LogP contribution in [0.3, 0.4) is 0 Å². The molecule has 0 unspecified atom stereocenters. The van der Waals surface area contributed by atoms with Crippen molar-refractivity contribution in [2.24, 2.45) is 0 Å². The topological polar surface area (TPSA) is 92.1 Å². The van der Waals surface area contributed by atoms with Crippen molar-refractivity contribution < 1.29 is 14.3 Å². The number of aryl methyl sites for hydroxylation is 1. The Morgan fingerprint density at radius 3 is 2.67 bits per heavy atom. The predicted molar refractivity (Wildman–Crippen MR) is 113 cm³/mol. The molecular formula is C24H21N3O3. The fourth-order valence-corrected chi connectivity index (χ4v) is 3.80. The number of aromatic nitrogens is 1. The SMILES string of the molecule is C[C@@H](OC(=O)c1c2c(nc3ccccc13)CCCC2)C(=O)Nc1ccccc1C#N. The molecule has 1 aliphatic carbocycles. The van der Waals surface area contributed by atoms with Crippen LogP contribution in [0.4, 0.5) is 5.69 Å². The van der Waals surface area contributed by atoms with Crippen LogP contribution in [0.25, 0.3) is 10.9 Å². The third-order valence-corrected chi connectivity index (χ3v) is 5.33. The predicted octanol–water partition coefficient (Wildman–Crippen LogP) is 4.17. The Morgan fingerprint density at radius 2 is 1.83 bits per heavy atom. The number of anilines is 1. The van der Waals surface area contributed by atoms with E-state index >= 15 is 0 Å². The maximum Gasteiger partial charge on any atom is 0.339 e. The lowest BCUT2D eigenvalue weighted by molar-refractivity contribution is -0.123. The van der Waals surface area contributed by atoms with E-state index in [1.54, 1.807) is 24.3 Å². The minimum Gasteiger partial charge on any atom is -0.449 e. The highest BCUT2D eigenvalue weighted by Gasteiger charge is 2.26. The van der Waals surface area contributed by atoms with Gasteiger partial charge in [-0.15, -0.1) is 0 Å². The van der Waals surface area contributed by atoms with E-state index in [4.69, 9.17) is 9.72 Å². The second-order valence-electron chi connectivity index (χ2n) is 7.33.